The van der Waals surface area contributed by atoms with Gasteiger partial charge in [-0.15, -0.1) is 0 Å². The molecule has 0 unspecified atom stereocenters. The van der Waals surface area contributed by atoms with Gasteiger partial charge in [-0.1, -0.05) is 109 Å². The minimum atomic E-state index is -0.869. The van der Waals surface area contributed by atoms with Crippen molar-refractivity contribution in [2.75, 3.05) is 21.1 Å². The van der Waals surface area contributed by atoms with Crippen LogP contribution in [0.15, 0.2) is 115 Å². The number of likely N-dealkylation sites (N-methyl/N-ethyl adjacent to an activating group) is 3. The van der Waals surface area contributed by atoms with Crippen molar-refractivity contribution in [2.45, 2.75) is 57.2 Å². The summed E-state index contributed by atoms with van der Waals surface area (Å²) in [6.07, 6.45) is 3.42. The molecular weight excluding hydrogens is 572 g/mol. The average Bonchev–Trinajstić information content (AvgIpc) is 3.06. The van der Waals surface area contributed by atoms with E-state index in [1.165, 1.54) is 9.80 Å². The summed E-state index contributed by atoms with van der Waals surface area (Å²) >= 11 is 0. The van der Waals surface area contributed by atoms with Crippen molar-refractivity contribution in [3.05, 3.63) is 131 Å². The topological polar surface area (TPSA) is 95.7 Å². The third-order valence-electron chi connectivity index (χ3n) is 8.34. The van der Waals surface area contributed by atoms with Gasteiger partial charge in [-0.2, -0.15) is 0 Å². The lowest BCUT2D eigenvalue weighted by atomic mass is 9.95. The summed E-state index contributed by atoms with van der Waals surface area (Å²) in [5.74, 6) is -0.833. The van der Waals surface area contributed by atoms with Gasteiger partial charge >= 0.3 is 0 Å². The lowest BCUT2D eigenvalue weighted by Gasteiger charge is -2.35. The molecule has 0 spiro atoms. The van der Waals surface area contributed by atoms with E-state index in [4.69, 9.17) is 5.73 Å². The first kappa shape index (κ1) is 34.1. The number of hydrogen-bond donors (Lipinski definition) is 2. The van der Waals surface area contributed by atoms with Gasteiger partial charge in [0.25, 0.3) is 0 Å². The molecule has 240 valence electrons. The van der Waals surface area contributed by atoms with Crippen molar-refractivity contribution in [1.29, 1.82) is 0 Å². The van der Waals surface area contributed by atoms with Gasteiger partial charge in [-0.05, 0) is 47.7 Å². The first-order valence-corrected chi connectivity index (χ1v) is 15.8. The molecule has 3 N–H and O–H groups in total. The molecule has 0 aliphatic heterocycles. The van der Waals surface area contributed by atoms with Gasteiger partial charge in [0.15, 0.2) is 0 Å². The molecule has 0 fully saturated rings. The van der Waals surface area contributed by atoms with Crippen LogP contribution in [-0.4, -0.2) is 66.3 Å². The Labute approximate surface area is 273 Å². The average molecular weight is 619 g/mol. The Kier molecular flexibility index (Phi) is 11.5. The van der Waals surface area contributed by atoms with Crippen molar-refractivity contribution in [1.82, 2.24) is 15.1 Å². The highest BCUT2D eigenvalue weighted by Gasteiger charge is 2.35. The minimum absolute atomic E-state index is 0.250. The molecule has 0 saturated heterocycles. The second-order valence-corrected chi connectivity index (χ2v) is 12.7. The van der Waals surface area contributed by atoms with Crippen molar-refractivity contribution >= 4 is 28.5 Å². The second kappa shape index (κ2) is 15.5. The number of amides is 3. The number of nitrogens with zero attached hydrogens (tertiary/aromatic N) is 2. The summed E-state index contributed by atoms with van der Waals surface area (Å²) < 4.78 is 0. The summed E-state index contributed by atoms with van der Waals surface area (Å²) in [5, 5.41) is 4.87. The third-order valence-corrected chi connectivity index (χ3v) is 8.34. The van der Waals surface area contributed by atoms with Gasteiger partial charge in [0.2, 0.25) is 17.7 Å². The Hall–Kier alpha value is -4.75. The van der Waals surface area contributed by atoms with Crippen LogP contribution in [-0.2, 0) is 33.6 Å². The van der Waals surface area contributed by atoms with Crippen molar-refractivity contribution in [3.63, 3.8) is 0 Å². The zero-order valence-electron chi connectivity index (χ0n) is 27.6. The summed E-state index contributed by atoms with van der Waals surface area (Å²) in [6, 6.07) is 31.9. The molecular formula is C39H46N4O3. The molecule has 0 aromatic heterocycles. The number of hydrogen-bond acceptors (Lipinski definition) is 4. The van der Waals surface area contributed by atoms with E-state index >= 15 is 0 Å². The predicted octanol–water partition coefficient (Wildman–Crippen LogP) is 5.32. The molecule has 0 saturated carbocycles. The maximum Gasteiger partial charge on any atom is 0.250 e. The Bertz CT molecular complexity index is 1660. The number of carbonyl (C=O) groups excluding carboxylic acids is 3. The Morgan fingerprint density at radius 3 is 1.91 bits per heavy atom. The highest BCUT2D eigenvalue weighted by Crippen LogP contribution is 2.22. The fraction of sp³-hybridized carbons (Fsp3) is 0.308. The van der Waals surface area contributed by atoms with Crippen molar-refractivity contribution in [2.24, 2.45) is 5.73 Å². The second-order valence-electron chi connectivity index (χ2n) is 12.7. The molecule has 3 amide bonds. The van der Waals surface area contributed by atoms with Crippen molar-refractivity contribution in [3.8, 4) is 0 Å². The molecule has 4 rings (SSSR count). The Morgan fingerprint density at radius 1 is 0.739 bits per heavy atom. The number of carbonyl (C=O) groups is 3. The van der Waals surface area contributed by atoms with Gasteiger partial charge in [0.05, 0.1) is 0 Å². The van der Waals surface area contributed by atoms with Crippen LogP contribution in [0.1, 0.15) is 37.0 Å². The number of benzene rings is 4. The highest BCUT2D eigenvalue weighted by molar-refractivity contribution is 5.98. The standard InChI is InChI=1S/C39H46N4O3/c1-39(2,40)23-22-33(24-28-14-8-6-9-15-28)37(45)43(5)35(27-30-20-21-31-18-12-13-19-32(31)25-30)38(46)42(4)34(36(44)41-3)26-29-16-10-7-11-17-29/h6-22,25,34-35H,23-24,26-27,40H2,1-5H3,(H,41,44)/t34-,35-/m1/s1. The molecule has 0 heterocycles. The molecule has 7 heteroatoms. The van der Waals surface area contributed by atoms with E-state index < -0.39 is 17.6 Å². The van der Waals surface area contributed by atoms with Crippen LogP contribution in [0.2, 0.25) is 0 Å². The molecule has 7 nitrogen and oxygen atoms in total. The summed E-state index contributed by atoms with van der Waals surface area (Å²) in [7, 11) is 4.90. The highest BCUT2D eigenvalue weighted by atomic mass is 16.2. The van der Waals surface area contributed by atoms with Gasteiger partial charge in [0.1, 0.15) is 12.1 Å². The molecule has 4 aromatic rings. The van der Waals surface area contributed by atoms with E-state index in [0.717, 1.165) is 27.5 Å². The molecule has 0 bridgehead atoms. The van der Waals surface area contributed by atoms with E-state index in [9.17, 15) is 14.4 Å². The maximum absolute atomic E-state index is 14.5. The van der Waals surface area contributed by atoms with Crippen LogP contribution in [0.3, 0.4) is 0 Å². The maximum atomic E-state index is 14.5. The third kappa shape index (κ3) is 9.14. The van der Waals surface area contributed by atoms with Crippen LogP contribution in [0.5, 0.6) is 0 Å². The molecule has 2 atom stereocenters. The zero-order chi connectivity index (χ0) is 33.3. The monoisotopic (exact) mass is 618 g/mol. The normalized spacial score (nSPS) is 13.1. The quantitative estimate of drug-likeness (QED) is 0.198. The van der Waals surface area contributed by atoms with Gasteiger partial charge in [-0.3, -0.25) is 14.4 Å². The van der Waals surface area contributed by atoms with Crippen LogP contribution in [0.4, 0.5) is 0 Å². The smallest absolute Gasteiger partial charge is 0.250 e. The lowest BCUT2D eigenvalue weighted by molar-refractivity contribution is -0.146. The number of nitrogens with two attached hydrogens (primary N) is 1. The van der Waals surface area contributed by atoms with E-state index in [0.29, 0.717) is 24.8 Å². The minimum Gasteiger partial charge on any atom is -0.357 e. The predicted molar refractivity (Wildman–Crippen MR) is 186 cm³/mol. The number of nitrogens with one attached hydrogen (secondary N) is 1. The van der Waals surface area contributed by atoms with Gasteiger partial charge in [0, 0.05) is 51.5 Å². The van der Waals surface area contributed by atoms with E-state index in [1.54, 1.807) is 21.1 Å². The molecule has 0 radical (unpaired) electrons. The Balaban J connectivity index is 1.72. The first-order valence-electron chi connectivity index (χ1n) is 15.8. The first-order chi connectivity index (χ1) is 22.0. The Morgan fingerprint density at radius 2 is 1.30 bits per heavy atom. The zero-order valence-corrected chi connectivity index (χ0v) is 27.6. The lowest BCUT2D eigenvalue weighted by Crippen LogP contribution is -2.56. The SMILES string of the molecule is CNC(=O)[C@@H](Cc1ccccc1)N(C)C(=O)[C@@H](Cc1ccc2ccccc2c1)N(C)C(=O)C(=CCC(C)(C)N)Cc1ccccc1. The van der Waals surface area contributed by atoms with Crippen LogP contribution in [0.25, 0.3) is 10.8 Å². The fourth-order valence-corrected chi connectivity index (χ4v) is 5.58. The van der Waals surface area contributed by atoms with E-state index in [-0.39, 0.29) is 24.1 Å². The fourth-order valence-electron chi connectivity index (χ4n) is 5.58. The number of fused-ring (bicyclic) bond motifs is 1. The molecule has 46 heavy (non-hydrogen) atoms. The molecule has 0 aliphatic rings. The van der Waals surface area contributed by atoms with Crippen LogP contribution in [0, 0.1) is 0 Å². The van der Waals surface area contributed by atoms with Gasteiger partial charge < -0.3 is 20.9 Å². The number of rotatable bonds is 13. The van der Waals surface area contributed by atoms with Gasteiger partial charge in [-0.25, -0.2) is 0 Å². The largest absolute Gasteiger partial charge is 0.357 e. The van der Waals surface area contributed by atoms with Crippen molar-refractivity contribution < 1.29 is 14.4 Å². The summed E-state index contributed by atoms with van der Waals surface area (Å²) in [5.41, 5.74) is 9.21. The molecule has 0 aliphatic carbocycles. The summed E-state index contributed by atoms with van der Waals surface area (Å²) in [4.78, 5) is 45.1. The van der Waals surface area contributed by atoms with E-state index in [1.807, 2.05) is 117 Å². The summed E-state index contributed by atoms with van der Waals surface area (Å²) in [6.45, 7) is 3.84. The van der Waals surface area contributed by atoms with E-state index in [2.05, 4.69) is 11.4 Å². The van der Waals surface area contributed by atoms with Crippen LogP contribution >= 0.6 is 0 Å². The van der Waals surface area contributed by atoms with Crippen LogP contribution < -0.4 is 11.1 Å². The molecule has 4 aromatic carbocycles.